The van der Waals surface area contributed by atoms with E-state index in [1.54, 1.807) is 0 Å². The van der Waals surface area contributed by atoms with Gasteiger partial charge in [-0.2, -0.15) is 0 Å². The second-order valence-corrected chi connectivity index (χ2v) is 5.22. The van der Waals surface area contributed by atoms with Gasteiger partial charge in [-0.05, 0) is 43.4 Å². The maximum atomic E-state index is 11.6. The molecule has 1 amide bonds. The van der Waals surface area contributed by atoms with Crippen LogP contribution < -0.4 is 15.8 Å². The standard InChI is InChI=1S/C15H22N2O2/c1-11-3-2-4-13(9-11)19-8-7-15(18)17-10-14(16)12-5-6-12/h2-4,9,12,14H,5-8,10,16H2,1H3,(H,17,18). The van der Waals surface area contributed by atoms with Crippen LogP contribution in [0.3, 0.4) is 0 Å². The number of carbonyl (C=O) groups is 1. The molecule has 4 nitrogen and oxygen atoms in total. The highest BCUT2D eigenvalue weighted by Gasteiger charge is 2.28. The fourth-order valence-corrected chi connectivity index (χ4v) is 1.98. The molecule has 0 radical (unpaired) electrons. The second-order valence-electron chi connectivity index (χ2n) is 5.22. The third kappa shape index (κ3) is 4.91. The molecule has 1 unspecified atom stereocenters. The van der Waals surface area contributed by atoms with E-state index in [0.717, 1.165) is 11.3 Å². The minimum atomic E-state index is 0.00348. The first-order chi connectivity index (χ1) is 9.15. The molecule has 1 aromatic carbocycles. The first kappa shape index (κ1) is 13.9. The number of nitrogens with two attached hydrogens (primary N) is 1. The van der Waals surface area contributed by atoms with Crippen LogP contribution in [0, 0.1) is 12.8 Å². The molecule has 0 aliphatic heterocycles. The van der Waals surface area contributed by atoms with Gasteiger partial charge >= 0.3 is 0 Å². The van der Waals surface area contributed by atoms with Crippen LogP contribution in [0.4, 0.5) is 0 Å². The van der Waals surface area contributed by atoms with E-state index in [9.17, 15) is 4.79 Å². The van der Waals surface area contributed by atoms with Crippen LogP contribution in [0.15, 0.2) is 24.3 Å². The van der Waals surface area contributed by atoms with Gasteiger partial charge in [0.1, 0.15) is 5.75 Å². The zero-order valence-electron chi connectivity index (χ0n) is 11.4. The van der Waals surface area contributed by atoms with Gasteiger partial charge in [-0.3, -0.25) is 4.79 Å². The Hall–Kier alpha value is -1.55. The van der Waals surface area contributed by atoms with Crippen LogP contribution in [-0.4, -0.2) is 25.1 Å². The summed E-state index contributed by atoms with van der Waals surface area (Å²) in [7, 11) is 0. The number of benzene rings is 1. The fraction of sp³-hybridized carbons (Fsp3) is 0.533. The third-order valence-corrected chi connectivity index (χ3v) is 3.35. The molecule has 1 atom stereocenters. The van der Waals surface area contributed by atoms with E-state index in [2.05, 4.69) is 5.32 Å². The van der Waals surface area contributed by atoms with Gasteiger partial charge in [0.25, 0.3) is 0 Å². The highest BCUT2D eigenvalue weighted by atomic mass is 16.5. The minimum absolute atomic E-state index is 0.00348. The number of carbonyl (C=O) groups excluding carboxylic acids is 1. The lowest BCUT2D eigenvalue weighted by atomic mass is 10.2. The molecule has 4 heteroatoms. The number of hydrogen-bond donors (Lipinski definition) is 2. The Balaban J connectivity index is 1.60. The molecule has 3 N–H and O–H groups in total. The molecule has 0 saturated heterocycles. The number of amides is 1. The molecule has 1 fully saturated rings. The predicted octanol–water partition coefficient (Wildman–Crippen LogP) is 1.62. The highest BCUT2D eigenvalue weighted by molar-refractivity contribution is 5.76. The SMILES string of the molecule is Cc1cccc(OCCC(=O)NCC(N)C2CC2)c1. The van der Waals surface area contributed by atoms with Crippen molar-refractivity contribution in [2.24, 2.45) is 11.7 Å². The van der Waals surface area contributed by atoms with E-state index in [1.807, 2.05) is 31.2 Å². The minimum Gasteiger partial charge on any atom is -0.493 e. The van der Waals surface area contributed by atoms with Crippen molar-refractivity contribution in [1.29, 1.82) is 0 Å². The topological polar surface area (TPSA) is 64.3 Å². The molecule has 1 aliphatic carbocycles. The van der Waals surface area contributed by atoms with Crippen molar-refractivity contribution >= 4 is 5.91 Å². The van der Waals surface area contributed by atoms with Gasteiger partial charge in [-0.1, -0.05) is 12.1 Å². The van der Waals surface area contributed by atoms with Gasteiger partial charge in [0, 0.05) is 12.6 Å². The van der Waals surface area contributed by atoms with Gasteiger partial charge in [0.05, 0.1) is 13.0 Å². The van der Waals surface area contributed by atoms with E-state index < -0.39 is 0 Å². The first-order valence-electron chi connectivity index (χ1n) is 6.87. The Kier molecular flexibility index (Phi) is 4.80. The highest BCUT2D eigenvalue weighted by Crippen LogP contribution is 2.31. The van der Waals surface area contributed by atoms with Crippen molar-refractivity contribution in [1.82, 2.24) is 5.32 Å². The van der Waals surface area contributed by atoms with Crippen LogP contribution >= 0.6 is 0 Å². The van der Waals surface area contributed by atoms with E-state index in [-0.39, 0.29) is 11.9 Å². The number of ether oxygens (including phenoxy) is 1. The summed E-state index contributed by atoms with van der Waals surface area (Å²) >= 11 is 0. The number of hydrogen-bond acceptors (Lipinski definition) is 3. The van der Waals surface area contributed by atoms with Crippen molar-refractivity contribution in [3.63, 3.8) is 0 Å². The number of aryl methyl sites for hydroxylation is 1. The molecule has 0 bridgehead atoms. The van der Waals surface area contributed by atoms with Gasteiger partial charge in [0.15, 0.2) is 0 Å². The molecular formula is C15H22N2O2. The quantitative estimate of drug-likeness (QED) is 0.784. The van der Waals surface area contributed by atoms with Crippen LogP contribution in [0.25, 0.3) is 0 Å². The summed E-state index contributed by atoms with van der Waals surface area (Å²) in [6, 6.07) is 7.93. The van der Waals surface area contributed by atoms with Crippen LogP contribution in [0.1, 0.15) is 24.8 Å². The molecule has 19 heavy (non-hydrogen) atoms. The van der Waals surface area contributed by atoms with E-state index in [0.29, 0.717) is 25.5 Å². The average Bonchev–Trinajstić information content (AvgIpc) is 3.20. The largest absolute Gasteiger partial charge is 0.493 e. The average molecular weight is 262 g/mol. The van der Waals surface area contributed by atoms with Crippen molar-refractivity contribution in [3.05, 3.63) is 29.8 Å². The number of nitrogens with one attached hydrogen (secondary N) is 1. The van der Waals surface area contributed by atoms with Gasteiger partial charge in [0.2, 0.25) is 5.91 Å². The number of rotatable bonds is 7. The van der Waals surface area contributed by atoms with Crippen LogP contribution in [0.5, 0.6) is 5.75 Å². The third-order valence-electron chi connectivity index (χ3n) is 3.35. The summed E-state index contributed by atoms with van der Waals surface area (Å²) < 4.78 is 5.53. The normalized spacial score (nSPS) is 15.9. The Morgan fingerprint density at radius 2 is 2.32 bits per heavy atom. The van der Waals surface area contributed by atoms with Crippen molar-refractivity contribution in [2.75, 3.05) is 13.2 Å². The lowest BCUT2D eigenvalue weighted by Crippen LogP contribution is -2.38. The molecule has 1 saturated carbocycles. The van der Waals surface area contributed by atoms with Crippen LogP contribution in [0.2, 0.25) is 0 Å². The molecule has 0 spiro atoms. The Morgan fingerprint density at radius 3 is 3.00 bits per heavy atom. The zero-order valence-corrected chi connectivity index (χ0v) is 11.4. The molecule has 0 aromatic heterocycles. The molecule has 1 aromatic rings. The Morgan fingerprint density at radius 1 is 1.53 bits per heavy atom. The molecule has 2 rings (SSSR count). The van der Waals surface area contributed by atoms with E-state index >= 15 is 0 Å². The fourth-order valence-electron chi connectivity index (χ4n) is 1.98. The second kappa shape index (κ2) is 6.57. The molecule has 1 aliphatic rings. The molecule has 0 heterocycles. The summed E-state index contributed by atoms with van der Waals surface area (Å²) in [6.07, 6.45) is 2.77. The summed E-state index contributed by atoms with van der Waals surface area (Å²) in [4.78, 5) is 11.6. The molecule has 104 valence electrons. The Bertz CT molecular complexity index is 430. The van der Waals surface area contributed by atoms with E-state index in [4.69, 9.17) is 10.5 Å². The lowest BCUT2D eigenvalue weighted by molar-refractivity contribution is -0.121. The van der Waals surface area contributed by atoms with Crippen molar-refractivity contribution in [3.8, 4) is 5.75 Å². The maximum Gasteiger partial charge on any atom is 0.223 e. The van der Waals surface area contributed by atoms with Crippen molar-refractivity contribution < 1.29 is 9.53 Å². The van der Waals surface area contributed by atoms with E-state index in [1.165, 1.54) is 12.8 Å². The summed E-state index contributed by atoms with van der Waals surface area (Å²) in [5.74, 6) is 1.43. The lowest BCUT2D eigenvalue weighted by Gasteiger charge is -2.12. The summed E-state index contributed by atoms with van der Waals surface area (Å²) in [5.41, 5.74) is 7.07. The smallest absolute Gasteiger partial charge is 0.223 e. The maximum absolute atomic E-state index is 11.6. The summed E-state index contributed by atoms with van der Waals surface area (Å²) in [6.45, 7) is 2.99. The van der Waals surface area contributed by atoms with Gasteiger partial charge in [-0.25, -0.2) is 0 Å². The van der Waals surface area contributed by atoms with Crippen LogP contribution in [-0.2, 0) is 4.79 Å². The molecular weight excluding hydrogens is 240 g/mol. The first-order valence-corrected chi connectivity index (χ1v) is 6.87. The zero-order chi connectivity index (χ0) is 13.7. The Labute approximate surface area is 114 Å². The monoisotopic (exact) mass is 262 g/mol. The summed E-state index contributed by atoms with van der Waals surface area (Å²) in [5, 5.41) is 2.86. The van der Waals surface area contributed by atoms with Gasteiger partial charge in [-0.15, -0.1) is 0 Å². The predicted molar refractivity (Wildman–Crippen MR) is 75.0 cm³/mol. The van der Waals surface area contributed by atoms with Gasteiger partial charge < -0.3 is 15.8 Å². The van der Waals surface area contributed by atoms with Crippen molar-refractivity contribution in [2.45, 2.75) is 32.2 Å².